The zero-order valence-electron chi connectivity index (χ0n) is 10.4. The topological polar surface area (TPSA) is 120 Å². The second-order valence-corrected chi connectivity index (χ2v) is 4.70. The quantitative estimate of drug-likeness (QED) is 0.613. The average molecular weight is 295 g/mol. The fraction of sp³-hybridized carbons (Fsp3) is 0.273. The molecule has 8 nitrogen and oxygen atoms in total. The number of carboxylic acids is 1. The summed E-state index contributed by atoms with van der Waals surface area (Å²) in [6.45, 7) is 0.256. The Hall–Kier alpha value is -2.42. The normalized spacial score (nSPS) is 11.8. The Balaban J connectivity index is 1.84. The summed E-state index contributed by atoms with van der Waals surface area (Å²) >= 11 is 1.42. The highest BCUT2D eigenvalue weighted by Crippen LogP contribution is 2.01. The van der Waals surface area contributed by atoms with Gasteiger partial charge < -0.3 is 20.7 Å². The number of H-pyrrole nitrogens is 1. The van der Waals surface area contributed by atoms with Gasteiger partial charge in [0, 0.05) is 23.7 Å². The molecule has 9 heteroatoms. The van der Waals surface area contributed by atoms with E-state index in [0.717, 1.165) is 5.69 Å². The molecule has 2 aromatic heterocycles. The van der Waals surface area contributed by atoms with E-state index < -0.39 is 18.0 Å². The number of aliphatic carboxylic acids is 1. The largest absolute Gasteiger partial charge is 0.480 e. The second-order valence-electron chi connectivity index (χ2n) is 3.98. The molecule has 0 saturated carbocycles. The van der Waals surface area contributed by atoms with Crippen molar-refractivity contribution in [1.29, 1.82) is 0 Å². The van der Waals surface area contributed by atoms with Gasteiger partial charge >= 0.3 is 12.0 Å². The maximum atomic E-state index is 11.6. The van der Waals surface area contributed by atoms with Crippen LogP contribution in [0.3, 0.4) is 0 Å². The van der Waals surface area contributed by atoms with Crippen molar-refractivity contribution >= 4 is 23.3 Å². The van der Waals surface area contributed by atoms with Crippen molar-refractivity contribution < 1.29 is 14.7 Å². The summed E-state index contributed by atoms with van der Waals surface area (Å²) in [5, 5.41) is 15.8. The van der Waals surface area contributed by atoms with E-state index in [-0.39, 0.29) is 13.0 Å². The number of hydrogen-bond donors (Lipinski definition) is 4. The van der Waals surface area contributed by atoms with Crippen LogP contribution in [0, 0.1) is 0 Å². The molecule has 0 aromatic carbocycles. The molecule has 2 aromatic rings. The monoisotopic (exact) mass is 295 g/mol. The molecule has 0 fully saturated rings. The summed E-state index contributed by atoms with van der Waals surface area (Å²) in [6.07, 6.45) is 3.11. The second kappa shape index (κ2) is 6.66. The molecule has 20 heavy (non-hydrogen) atoms. The molecule has 0 aliphatic carbocycles. The predicted molar refractivity (Wildman–Crippen MR) is 71.2 cm³/mol. The summed E-state index contributed by atoms with van der Waals surface area (Å²) in [7, 11) is 0. The van der Waals surface area contributed by atoms with Gasteiger partial charge in [0.25, 0.3) is 0 Å². The number of amides is 2. The molecule has 0 radical (unpaired) electrons. The third-order valence-electron chi connectivity index (χ3n) is 2.50. The number of nitrogens with zero attached hydrogens (tertiary/aromatic N) is 2. The van der Waals surface area contributed by atoms with E-state index in [1.807, 2.05) is 0 Å². The van der Waals surface area contributed by atoms with Gasteiger partial charge in [-0.25, -0.2) is 19.6 Å². The summed E-state index contributed by atoms with van der Waals surface area (Å²) in [6, 6.07) is -1.57. The first-order chi connectivity index (χ1) is 9.65. The maximum Gasteiger partial charge on any atom is 0.326 e. The van der Waals surface area contributed by atoms with E-state index in [4.69, 9.17) is 5.11 Å². The van der Waals surface area contributed by atoms with Crippen LogP contribution < -0.4 is 10.6 Å². The molecule has 0 spiro atoms. The van der Waals surface area contributed by atoms with Crippen molar-refractivity contribution in [3.05, 3.63) is 34.8 Å². The molecule has 2 heterocycles. The van der Waals surface area contributed by atoms with Crippen molar-refractivity contribution in [2.24, 2.45) is 0 Å². The van der Waals surface area contributed by atoms with Crippen LogP contribution in [0.4, 0.5) is 4.79 Å². The van der Waals surface area contributed by atoms with Crippen LogP contribution in [-0.2, 0) is 17.8 Å². The number of nitrogens with one attached hydrogen (secondary N) is 3. The number of hydrogen-bond acceptors (Lipinski definition) is 5. The Bertz CT molecular complexity index is 555. The third kappa shape index (κ3) is 4.05. The molecule has 0 bridgehead atoms. The molecule has 2 rings (SSSR count). The standard InChI is InChI=1S/C11H13N5O3S/c17-10(18)9(1-7-2-12-5-14-7)16-11(19)13-3-8-4-20-6-15-8/h2,4-6,9H,1,3H2,(H,12,14)(H,17,18)(H2,13,16,19). The smallest absolute Gasteiger partial charge is 0.326 e. The van der Waals surface area contributed by atoms with Crippen molar-refractivity contribution in [3.63, 3.8) is 0 Å². The Kier molecular flexibility index (Phi) is 4.66. The number of aromatic nitrogens is 3. The predicted octanol–water partition coefficient (Wildman–Crippen LogP) is 0.361. The zero-order valence-corrected chi connectivity index (χ0v) is 11.2. The molecule has 1 unspecified atom stereocenters. The summed E-state index contributed by atoms with van der Waals surface area (Å²) < 4.78 is 0. The van der Waals surface area contributed by atoms with E-state index in [1.165, 1.54) is 23.9 Å². The first-order valence-corrected chi connectivity index (χ1v) is 6.71. The number of rotatable bonds is 6. The number of imidazole rings is 1. The van der Waals surface area contributed by atoms with Crippen molar-refractivity contribution in [1.82, 2.24) is 25.6 Å². The zero-order chi connectivity index (χ0) is 14.4. The Morgan fingerprint density at radius 3 is 2.95 bits per heavy atom. The van der Waals surface area contributed by atoms with Crippen LogP contribution in [0.2, 0.25) is 0 Å². The number of carbonyl (C=O) groups is 2. The van der Waals surface area contributed by atoms with E-state index in [9.17, 15) is 9.59 Å². The molecule has 0 saturated heterocycles. The fourth-order valence-electron chi connectivity index (χ4n) is 1.52. The third-order valence-corrected chi connectivity index (χ3v) is 3.13. The number of thiazole rings is 1. The lowest BCUT2D eigenvalue weighted by atomic mass is 10.2. The first kappa shape index (κ1) is 14.0. The van der Waals surface area contributed by atoms with Crippen LogP contribution in [0.15, 0.2) is 23.4 Å². The highest BCUT2D eigenvalue weighted by Gasteiger charge is 2.20. The van der Waals surface area contributed by atoms with Crippen LogP contribution in [0.25, 0.3) is 0 Å². The van der Waals surface area contributed by atoms with Gasteiger partial charge in [0.1, 0.15) is 6.04 Å². The van der Waals surface area contributed by atoms with Gasteiger partial charge in [-0.1, -0.05) is 0 Å². The summed E-state index contributed by atoms with van der Waals surface area (Å²) in [5.74, 6) is -1.11. The number of aromatic amines is 1. The Morgan fingerprint density at radius 2 is 2.35 bits per heavy atom. The van der Waals surface area contributed by atoms with Gasteiger partial charge in [-0.2, -0.15) is 0 Å². The number of carbonyl (C=O) groups excluding carboxylic acids is 1. The van der Waals surface area contributed by atoms with Crippen molar-refractivity contribution in [2.75, 3.05) is 0 Å². The minimum absolute atomic E-state index is 0.138. The molecule has 2 amide bonds. The summed E-state index contributed by atoms with van der Waals surface area (Å²) in [4.78, 5) is 33.4. The average Bonchev–Trinajstić information content (AvgIpc) is 3.08. The lowest BCUT2D eigenvalue weighted by Gasteiger charge is -2.14. The van der Waals surface area contributed by atoms with Gasteiger partial charge in [-0.15, -0.1) is 11.3 Å². The van der Waals surface area contributed by atoms with Crippen molar-refractivity contribution in [2.45, 2.75) is 19.0 Å². The molecule has 0 aliphatic rings. The molecule has 1 atom stereocenters. The number of urea groups is 1. The van der Waals surface area contributed by atoms with E-state index in [1.54, 1.807) is 10.9 Å². The highest BCUT2D eigenvalue weighted by atomic mass is 32.1. The molecule has 106 valence electrons. The van der Waals surface area contributed by atoms with Gasteiger partial charge in [0.2, 0.25) is 0 Å². The summed E-state index contributed by atoms with van der Waals surface area (Å²) in [5.41, 5.74) is 3.02. The van der Waals surface area contributed by atoms with Gasteiger partial charge in [0.15, 0.2) is 0 Å². The minimum atomic E-state index is -1.11. The van der Waals surface area contributed by atoms with Gasteiger partial charge in [-0.3, -0.25) is 0 Å². The number of carboxylic acid groups (broad SMARTS) is 1. The Labute approximate surface area is 118 Å². The van der Waals surface area contributed by atoms with Crippen LogP contribution in [0.1, 0.15) is 11.4 Å². The molecular formula is C11H13N5O3S. The lowest BCUT2D eigenvalue weighted by molar-refractivity contribution is -0.139. The minimum Gasteiger partial charge on any atom is -0.480 e. The molecule has 4 N–H and O–H groups in total. The Morgan fingerprint density at radius 1 is 1.50 bits per heavy atom. The van der Waals surface area contributed by atoms with E-state index in [2.05, 4.69) is 25.6 Å². The fourth-order valence-corrected chi connectivity index (χ4v) is 2.08. The van der Waals surface area contributed by atoms with Gasteiger partial charge in [-0.05, 0) is 0 Å². The SMILES string of the molecule is O=C(NCc1cscn1)NC(Cc1cnc[nH]1)C(=O)O. The highest BCUT2D eigenvalue weighted by molar-refractivity contribution is 7.07. The van der Waals surface area contributed by atoms with Crippen LogP contribution in [-0.4, -0.2) is 38.1 Å². The van der Waals surface area contributed by atoms with Crippen LogP contribution >= 0.6 is 11.3 Å². The van der Waals surface area contributed by atoms with Gasteiger partial charge in [0.05, 0.1) is 24.1 Å². The van der Waals surface area contributed by atoms with Crippen LogP contribution in [0.5, 0.6) is 0 Å². The first-order valence-electron chi connectivity index (χ1n) is 5.76. The lowest BCUT2D eigenvalue weighted by Crippen LogP contribution is -2.47. The van der Waals surface area contributed by atoms with E-state index in [0.29, 0.717) is 5.69 Å². The molecule has 0 aliphatic heterocycles. The van der Waals surface area contributed by atoms with Crippen molar-refractivity contribution in [3.8, 4) is 0 Å². The molecular weight excluding hydrogens is 282 g/mol. The van der Waals surface area contributed by atoms with E-state index >= 15 is 0 Å². The maximum absolute atomic E-state index is 11.6.